The number of nitrogens with zero attached hydrogens (tertiary/aromatic N) is 5. The van der Waals surface area contributed by atoms with E-state index in [1.165, 1.54) is 0 Å². The summed E-state index contributed by atoms with van der Waals surface area (Å²) in [4.78, 5) is 2.36. The fourth-order valence-electron chi connectivity index (χ4n) is 3.45. The van der Waals surface area contributed by atoms with Gasteiger partial charge in [-0.05, 0) is 33.2 Å². The Morgan fingerprint density at radius 2 is 2.08 bits per heavy atom. The van der Waals surface area contributed by atoms with E-state index >= 15 is 0 Å². The number of halogens is 1. The summed E-state index contributed by atoms with van der Waals surface area (Å²) < 4.78 is 12.4. The second-order valence-corrected chi connectivity index (χ2v) is 6.92. The van der Waals surface area contributed by atoms with E-state index in [0.717, 1.165) is 47.9 Å². The van der Waals surface area contributed by atoms with Gasteiger partial charge in [-0.3, -0.25) is 9.58 Å². The summed E-state index contributed by atoms with van der Waals surface area (Å²) in [7, 11) is 1.84. The zero-order valence-corrected chi connectivity index (χ0v) is 15.2. The van der Waals surface area contributed by atoms with Crippen molar-refractivity contribution >= 4 is 11.6 Å². The highest BCUT2D eigenvalue weighted by Gasteiger charge is 2.31. The Morgan fingerprint density at radius 3 is 2.76 bits per heavy atom. The first-order valence-electron chi connectivity index (χ1n) is 8.35. The molecule has 3 aromatic heterocycles. The molecule has 0 bridgehead atoms. The monoisotopic (exact) mass is 361 g/mol. The van der Waals surface area contributed by atoms with Crippen molar-refractivity contribution in [1.29, 1.82) is 0 Å². The van der Waals surface area contributed by atoms with E-state index in [2.05, 4.69) is 20.3 Å². The summed E-state index contributed by atoms with van der Waals surface area (Å²) in [5.41, 5.74) is 3.34. The van der Waals surface area contributed by atoms with Gasteiger partial charge in [-0.2, -0.15) is 5.10 Å². The number of rotatable bonds is 4. The van der Waals surface area contributed by atoms with Gasteiger partial charge < -0.3 is 9.05 Å². The van der Waals surface area contributed by atoms with Gasteiger partial charge in [0, 0.05) is 31.3 Å². The molecule has 0 spiro atoms. The zero-order chi connectivity index (χ0) is 17.6. The maximum absolute atomic E-state index is 6.53. The molecule has 132 valence electrons. The Kier molecular flexibility index (Phi) is 4.13. The normalized spacial score (nSPS) is 18.3. The first-order chi connectivity index (χ1) is 12.0. The molecule has 4 rings (SSSR count). The molecule has 0 amide bonds. The van der Waals surface area contributed by atoms with Crippen LogP contribution in [0.4, 0.5) is 0 Å². The van der Waals surface area contributed by atoms with Gasteiger partial charge >= 0.3 is 0 Å². The maximum atomic E-state index is 6.53. The van der Waals surface area contributed by atoms with E-state index in [1.807, 2.05) is 33.0 Å². The smallest absolute Gasteiger partial charge is 0.154 e. The van der Waals surface area contributed by atoms with Gasteiger partial charge in [0.2, 0.25) is 0 Å². The predicted molar refractivity (Wildman–Crippen MR) is 92.1 cm³/mol. The Balaban J connectivity index is 1.66. The van der Waals surface area contributed by atoms with Gasteiger partial charge in [-0.1, -0.05) is 21.9 Å². The Morgan fingerprint density at radius 1 is 1.24 bits per heavy atom. The largest absolute Gasteiger partial charge is 0.361 e. The molecule has 0 saturated carbocycles. The van der Waals surface area contributed by atoms with Crippen molar-refractivity contribution in [1.82, 2.24) is 25.0 Å². The SMILES string of the molecule is Cc1cc([C@H]2CCCN2Cc2c(-c3cc(C)on3)nn(C)c2Cl)on1. The summed E-state index contributed by atoms with van der Waals surface area (Å²) in [5, 5.41) is 13.3. The highest BCUT2D eigenvalue weighted by atomic mass is 35.5. The van der Waals surface area contributed by atoms with Gasteiger partial charge in [0.15, 0.2) is 5.76 Å². The molecule has 1 atom stereocenters. The molecule has 7 nitrogen and oxygen atoms in total. The first-order valence-corrected chi connectivity index (χ1v) is 8.73. The number of likely N-dealkylation sites (tertiary alicyclic amines) is 1. The van der Waals surface area contributed by atoms with Crippen LogP contribution in [0.25, 0.3) is 11.4 Å². The summed E-state index contributed by atoms with van der Waals surface area (Å²) in [5.74, 6) is 1.66. The molecule has 1 fully saturated rings. The molecular weight excluding hydrogens is 342 g/mol. The van der Waals surface area contributed by atoms with Crippen LogP contribution in [0.3, 0.4) is 0 Å². The van der Waals surface area contributed by atoms with Crippen molar-refractivity contribution in [2.45, 2.75) is 39.3 Å². The van der Waals surface area contributed by atoms with E-state index in [1.54, 1.807) is 4.68 Å². The average Bonchev–Trinajstić information content (AvgIpc) is 3.33. The molecule has 1 aliphatic heterocycles. The molecular formula is C17H20ClN5O2. The molecule has 0 radical (unpaired) electrons. The molecule has 0 unspecified atom stereocenters. The molecule has 0 N–H and O–H groups in total. The summed E-state index contributed by atoms with van der Waals surface area (Å²) in [6.07, 6.45) is 2.16. The van der Waals surface area contributed by atoms with Crippen LogP contribution in [0.5, 0.6) is 0 Å². The van der Waals surface area contributed by atoms with E-state index in [4.69, 9.17) is 20.6 Å². The van der Waals surface area contributed by atoms with Gasteiger partial charge in [0.05, 0.1) is 11.7 Å². The Hall–Kier alpha value is -2.12. The maximum Gasteiger partial charge on any atom is 0.154 e. The Bertz CT molecular complexity index is 897. The van der Waals surface area contributed by atoms with E-state index in [9.17, 15) is 0 Å². The fraction of sp³-hybridized carbons (Fsp3) is 0.471. The minimum atomic E-state index is 0.212. The zero-order valence-electron chi connectivity index (χ0n) is 14.5. The van der Waals surface area contributed by atoms with Crippen molar-refractivity contribution in [3.63, 3.8) is 0 Å². The third-order valence-corrected chi connectivity index (χ3v) is 5.11. The van der Waals surface area contributed by atoms with Crippen LogP contribution in [-0.2, 0) is 13.6 Å². The van der Waals surface area contributed by atoms with E-state index in [-0.39, 0.29) is 6.04 Å². The van der Waals surface area contributed by atoms with Crippen LogP contribution < -0.4 is 0 Å². The lowest BCUT2D eigenvalue weighted by molar-refractivity contribution is 0.206. The molecule has 0 aromatic carbocycles. The highest BCUT2D eigenvalue weighted by molar-refractivity contribution is 6.30. The van der Waals surface area contributed by atoms with Crippen molar-refractivity contribution in [2.24, 2.45) is 7.05 Å². The van der Waals surface area contributed by atoms with Crippen molar-refractivity contribution in [3.05, 3.63) is 40.1 Å². The minimum absolute atomic E-state index is 0.212. The van der Waals surface area contributed by atoms with Gasteiger partial charge in [0.1, 0.15) is 22.3 Å². The van der Waals surface area contributed by atoms with Crippen LogP contribution in [0.1, 0.15) is 41.7 Å². The third kappa shape index (κ3) is 2.98. The Labute approximate surface area is 150 Å². The van der Waals surface area contributed by atoms with Gasteiger partial charge in [0.25, 0.3) is 0 Å². The summed E-state index contributed by atoms with van der Waals surface area (Å²) in [6.45, 7) is 5.46. The lowest BCUT2D eigenvalue weighted by atomic mass is 10.1. The van der Waals surface area contributed by atoms with Gasteiger partial charge in [-0.15, -0.1) is 0 Å². The highest BCUT2D eigenvalue weighted by Crippen LogP contribution is 2.36. The minimum Gasteiger partial charge on any atom is -0.361 e. The molecule has 1 saturated heterocycles. The van der Waals surface area contributed by atoms with Crippen LogP contribution in [-0.4, -0.2) is 31.5 Å². The molecule has 1 aliphatic rings. The fourth-order valence-corrected chi connectivity index (χ4v) is 3.64. The average molecular weight is 362 g/mol. The third-order valence-electron chi connectivity index (χ3n) is 4.64. The van der Waals surface area contributed by atoms with Crippen LogP contribution >= 0.6 is 11.6 Å². The molecule has 25 heavy (non-hydrogen) atoms. The lowest BCUT2D eigenvalue weighted by Crippen LogP contribution is -2.22. The molecule has 3 aromatic rings. The first kappa shape index (κ1) is 16.4. The second kappa shape index (κ2) is 6.31. The van der Waals surface area contributed by atoms with Gasteiger partial charge in [-0.25, -0.2) is 0 Å². The quantitative estimate of drug-likeness (QED) is 0.706. The summed E-state index contributed by atoms with van der Waals surface area (Å²) in [6, 6.07) is 4.10. The van der Waals surface area contributed by atoms with Crippen molar-refractivity contribution < 1.29 is 9.05 Å². The standard InChI is InChI=1S/C17H20ClN5O2/c1-10-7-15(25-20-10)14-5-4-6-23(14)9-12-16(19-22(3)17(12)18)13-8-11(2)24-21-13/h7-8,14H,4-6,9H2,1-3H3/t14-/m1/s1. The number of hydrogen-bond acceptors (Lipinski definition) is 6. The summed E-state index contributed by atoms with van der Waals surface area (Å²) >= 11 is 6.53. The van der Waals surface area contributed by atoms with Crippen LogP contribution in [0.15, 0.2) is 21.2 Å². The predicted octanol–water partition coefficient (Wildman–Crippen LogP) is 3.67. The number of hydrogen-bond donors (Lipinski definition) is 0. The topological polar surface area (TPSA) is 73.1 Å². The molecule has 0 aliphatic carbocycles. The van der Waals surface area contributed by atoms with E-state index in [0.29, 0.717) is 17.4 Å². The number of aromatic nitrogens is 4. The lowest BCUT2D eigenvalue weighted by Gasteiger charge is -2.22. The molecule has 4 heterocycles. The van der Waals surface area contributed by atoms with Crippen molar-refractivity contribution in [2.75, 3.05) is 6.54 Å². The second-order valence-electron chi connectivity index (χ2n) is 6.56. The van der Waals surface area contributed by atoms with Crippen molar-refractivity contribution in [3.8, 4) is 11.4 Å². The number of aryl methyl sites for hydroxylation is 3. The van der Waals surface area contributed by atoms with Crippen LogP contribution in [0, 0.1) is 13.8 Å². The van der Waals surface area contributed by atoms with E-state index < -0.39 is 0 Å². The molecule has 8 heteroatoms. The van der Waals surface area contributed by atoms with Crippen LogP contribution in [0.2, 0.25) is 5.15 Å².